The molecule has 0 aliphatic heterocycles. The van der Waals surface area contributed by atoms with E-state index in [-0.39, 0.29) is 5.92 Å². The van der Waals surface area contributed by atoms with E-state index in [0.717, 1.165) is 30.4 Å². The molecule has 98 valence electrons. The highest BCUT2D eigenvalue weighted by atomic mass is 16.5. The Morgan fingerprint density at radius 3 is 2.61 bits per heavy atom. The molecule has 0 aromatic heterocycles. The summed E-state index contributed by atoms with van der Waals surface area (Å²) >= 11 is 0. The molecule has 0 aliphatic rings. The molecular formula is C15H20O3. The smallest absolute Gasteiger partial charge is 0.123 e. The summed E-state index contributed by atoms with van der Waals surface area (Å²) in [4.78, 5) is 10.7. The molecule has 0 fully saturated rings. The molecule has 3 nitrogen and oxygen atoms in total. The van der Waals surface area contributed by atoms with Gasteiger partial charge in [-0.2, -0.15) is 0 Å². The first-order chi connectivity index (χ1) is 8.80. The Balaban J connectivity index is 2.24. The number of rotatable bonds is 9. The van der Waals surface area contributed by atoms with Gasteiger partial charge in [0.15, 0.2) is 0 Å². The number of carbonyl (C=O) groups is 1. The van der Waals surface area contributed by atoms with Gasteiger partial charge in [0.05, 0.1) is 13.7 Å². The maximum atomic E-state index is 10.7. The van der Waals surface area contributed by atoms with Crippen molar-refractivity contribution in [3.05, 3.63) is 42.5 Å². The zero-order chi connectivity index (χ0) is 13.2. The second-order valence-corrected chi connectivity index (χ2v) is 4.11. The minimum Gasteiger partial charge on any atom is -0.497 e. The molecule has 0 saturated carbocycles. The molecule has 1 rings (SSSR count). The second kappa shape index (κ2) is 8.48. The molecule has 1 aromatic rings. The van der Waals surface area contributed by atoms with Crippen LogP contribution in [0.1, 0.15) is 18.4 Å². The molecule has 0 amide bonds. The molecular weight excluding hydrogens is 228 g/mol. The zero-order valence-electron chi connectivity index (χ0n) is 10.8. The Hall–Kier alpha value is -1.61. The van der Waals surface area contributed by atoms with Crippen LogP contribution in [0.5, 0.6) is 5.75 Å². The van der Waals surface area contributed by atoms with E-state index in [1.54, 1.807) is 13.2 Å². The number of benzene rings is 1. The second-order valence-electron chi connectivity index (χ2n) is 4.11. The van der Waals surface area contributed by atoms with Gasteiger partial charge in [0.2, 0.25) is 0 Å². The number of ether oxygens (including phenoxy) is 2. The Morgan fingerprint density at radius 2 is 2.06 bits per heavy atom. The average molecular weight is 248 g/mol. The fourth-order valence-corrected chi connectivity index (χ4v) is 1.60. The van der Waals surface area contributed by atoms with E-state index in [9.17, 15) is 4.79 Å². The third-order valence-electron chi connectivity index (χ3n) is 2.72. The first-order valence-corrected chi connectivity index (χ1v) is 6.07. The fourth-order valence-electron chi connectivity index (χ4n) is 1.60. The van der Waals surface area contributed by atoms with E-state index >= 15 is 0 Å². The lowest BCUT2D eigenvalue weighted by atomic mass is 10.0. The number of hydrogen-bond acceptors (Lipinski definition) is 3. The lowest BCUT2D eigenvalue weighted by Gasteiger charge is -2.08. The summed E-state index contributed by atoms with van der Waals surface area (Å²) in [6.07, 6.45) is 4.20. The predicted octanol–water partition coefficient (Wildman–Crippen LogP) is 2.99. The van der Waals surface area contributed by atoms with Gasteiger partial charge in [0.25, 0.3) is 0 Å². The van der Waals surface area contributed by atoms with E-state index in [4.69, 9.17) is 9.47 Å². The molecule has 0 aliphatic carbocycles. The minimum atomic E-state index is 0.0263. The molecule has 1 aromatic carbocycles. The van der Waals surface area contributed by atoms with Gasteiger partial charge in [-0.05, 0) is 30.5 Å². The van der Waals surface area contributed by atoms with Gasteiger partial charge in [-0.25, -0.2) is 0 Å². The van der Waals surface area contributed by atoms with Crippen molar-refractivity contribution >= 4 is 6.29 Å². The first kappa shape index (κ1) is 14.5. The topological polar surface area (TPSA) is 35.5 Å². The molecule has 3 heteroatoms. The number of carbonyl (C=O) groups excluding carboxylic acids is 1. The molecule has 0 N–H and O–H groups in total. The van der Waals surface area contributed by atoms with Gasteiger partial charge in [-0.15, -0.1) is 6.58 Å². The highest BCUT2D eigenvalue weighted by molar-refractivity contribution is 5.53. The van der Waals surface area contributed by atoms with E-state index < -0.39 is 0 Å². The van der Waals surface area contributed by atoms with E-state index in [0.29, 0.717) is 13.2 Å². The van der Waals surface area contributed by atoms with Gasteiger partial charge < -0.3 is 14.3 Å². The van der Waals surface area contributed by atoms with E-state index in [1.807, 2.05) is 24.3 Å². The molecule has 0 bridgehead atoms. The van der Waals surface area contributed by atoms with Crippen molar-refractivity contribution in [2.75, 3.05) is 13.7 Å². The molecule has 1 unspecified atom stereocenters. The van der Waals surface area contributed by atoms with Crippen LogP contribution in [-0.2, 0) is 16.1 Å². The van der Waals surface area contributed by atoms with Crippen LogP contribution in [0.4, 0.5) is 0 Å². The first-order valence-electron chi connectivity index (χ1n) is 6.07. The van der Waals surface area contributed by atoms with Crippen molar-refractivity contribution in [1.82, 2.24) is 0 Å². The van der Waals surface area contributed by atoms with Crippen molar-refractivity contribution in [3.8, 4) is 5.75 Å². The maximum Gasteiger partial charge on any atom is 0.123 e. The SMILES string of the molecule is C=CCC(C=O)CCOCc1ccc(OC)cc1. The largest absolute Gasteiger partial charge is 0.497 e. The minimum absolute atomic E-state index is 0.0263. The molecule has 0 spiro atoms. The Kier molecular flexibility index (Phi) is 6.81. The fraction of sp³-hybridized carbons (Fsp3) is 0.400. The van der Waals surface area contributed by atoms with Crippen molar-refractivity contribution in [2.45, 2.75) is 19.4 Å². The van der Waals surface area contributed by atoms with Gasteiger partial charge in [-0.1, -0.05) is 18.2 Å². The molecule has 1 atom stereocenters. The van der Waals surface area contributed by atoms with Crippen LogP contribution in [0.15, 0.2) is 36.9 Å². The standard InChI is InChI=1S/C15H20O3/c1-3-4-13(11-16)9-10-18-12-14-5-7-15(17-2)8-6-14/h3,5-8,11,13H,1,4,9-10,12H2,2H3. The maximum absolute atomic E-state index is 10.7. The van der Waals surface area contributed by atoms with E-state index in [1.165, 1.54) is 0 Å². The third kappa shape index (κ3) is 5.15. The number of hydrogen-bond donors (Lipinski definition) is 0. The summed E-state index contributed by atoms with van der Waals surface area (Å²) in [5, 5.41) is 0. The Morgan fingerprint density at radius 1 is 1.33 bits per heavy atom. The summed E-state index contributed by atoms with van der Waals surface area (Å²) in [5.74, 6) is 0.865. The molecule has 0 saturated heterocycles. The van der Waals surface area contributed by atoms with E-state index in [2.05, 4.69) is 6.58 Å². The van der Waals surface area contributed by atoms with Crippen molar-refractivity contribution < 1.29 is 14.3 Å². The van der Waals surface area contributed by atoms with Crippen LogP contribution in [0.3, 0.4) is 0 Å². The predicted molar refractivity (Wildman–Crippen MR) is 71.6 cm³/mol. The highest BCUT2D eigenvalue weighted by Gasteiger charge is 2.04. The summed E-state index contributed by atoms with van der Waals surface area (Å²) in [5.41, 5.74) is 1.10. The summed E-state index contributed by atoms with van der Waals surface area (Å²) in [6, 6.07) is 7.76. The lowest BCUT2D eigenvalue weighted by Crippen LogP contribution is -2.06. The average Bonchev–Trinajstić information content (AvgIpc) is 2.43. The van der Waals surface area contributed by atoms with Crippen LogP contribution >= 0.6 is 0 Å². The van der Waals surface area contributed by atoms with Crippen LogP contribution in [0.2, 0.25) is 0 Å². The quantitative estimate of drug-likeness (QED) is 0.383. The monoisotopic (exact) mass is 248 g/mol. The van der Waals surface area contributed by atoms with Gasteiger partial charge in [0, 0.05) is 12.5 Å². The normalized spacial score (nSPS) is 11.8. The number of aldehydes is 1. The highest BCUT2D eigenvalue weighted by Crippen LogP contribution is 2.12. The van der Waals surface area contributed by atoms with Gasteiger partial charge in [-0.3, -0.25) is 0 Å². The lowest BCUT2D eigenvalue weighted by molar-refractivity contribution is -0.111. The Bertz CT molecular complexity index is 357. The van der Waals surface area contributed by atoms with Gasteiger partial charge in [0.1, 0.15) is 12.0 Å². The van der Waals surface area contributed by atoms with Crippen LogP contribution < -0.4 is 4.74 Å². The number of methoxy groups -OCH3 is 1. The zero-order valence-corrected chi connectivity index (χ0v) is 10.8. The Labute approximate surface area is 108 Å². The van der Waals surface area contributed by atoms with Gasteiger partial charge >= 0.3 is 0 Å². The molecule has 0 heterocycles. The third-order valence-corrected chi connectivity index (χ3v) is 2.72. The van der Waals surface area contributed by atoms with Crippen molar-refractivity contribution in [2.24, 2.45) is 5.92 Å². The summed E-state index contributed by atoms with van der Waals surface area (Å²) in [7, 11) is 1.64. The van der Waals surface area contributed by atoms with Crippen LogP contribution in [-0.4, -0.2) is 20.0 Å². The van der Waals surface area contributed by atoms with Crippen molar-refractivity contribution in [3.63, 3.8) is 0 Å². The summed E-state index contributed by atoms with van der Waals surface area (Å²) < 4.78 is 10.6. The molecule has 0 radical (unpaired) electrons. The summed E-state index contributed by atoms with van der Waals surface area (Å²) in [6.45, 7) is 4.77. The van der Waals surface area contributed by atoms with Crippen LogP contribution in [0.25, 0.3) is 0 Å². The van der Waals surface area contributed by atoms with Crippen molar-refractivity contribution in [1.29, 1.82) is 0 Å². The van der Waals surface area contributed by atoms with Crippen LogP contribution in [0, 0.1) is 5.92 Å². The number of allylic oxidation sites excluding steroid dienone is 1. The molecule has 18 heavy (non-hydrogen) atoms.